The summed E-state index contributed by atoms with van der Waals surface area (Å²) >= 11 is 0. The third-order valence-corrected chi connectivity index (χ3v) is 2.44. The van der Waals surface area contributed by atoms with Crippen molar-refractivity contribution in [1.82, 2.24) is 15.5 Å². The van der Waals surface area contributed by atoms with Crippen molar-refractivity contribution in [2.45, 2.75) is 6.54 Å². The second kappa shape index (κ2) is 6.05. The van der Waals surface area contributed by atoms with Gasteiger partial charge in [0.15, 0.2) is 0 Å². The van der Waals surface area contributed by atoms with Gasteiger partial charge in [0.25, 0.3) is 0 Å². The van der Waals surface area contributed by atoms with Crippen LogP contribution >= 0.6 is 0 Å². The lowest BCUT2D eigenvalue weighted by molar-refractivity contribution is 0.404. The number of aromatic nitrogens is 2. The van der Waals surface area contributed by atoms with Gasteiger partial charge in [-0.2, -0.15) is 0 Å². The van der Waals surface area contributed by atoms with Crippen LogP contribution < -0.4 is 20.1 Å². The zero-order valence-corrected chi connectivity index (χ0v) is 11.1. The second-order valence-electron chi connectivity index (χ2n) is 3.72. The molecule has 0 aliphatic heterocycles. The molecule has 19 heavy (non-hydrogen) atoms. The van der Waals surface area contributed by atoms with Gasteiger partial charge < -0.3 is 24.5 Å². The molecule has 0 saturated carbocycles. The highest BCUT2D eigenvalue weighted by Crippen LogP contribution is 2.31. The summed E-state index contributed by atoms with van der Waals surface area (Å²) in [6, 6.07) is 5.70. The minimum Gasteiger partial charge on any atom is -0.497 e. The zero-order chi connectivity index (χ0) is 13.7. The van der Waals surface area contributed by atoms with Crippen molar-refractivity contribution in [3.63, 3.8) is 0 Å². The maximum absolute atomic E-state index is 5.41. The highest BCUT2D eigenvalue weighted by molar-refractivity contribution is 5.64. The predicted octanol–water partition coefficient (Wildman–Crippen LogP) is 1.55. The summed E-state index contributed by atoms with van der Waals surface area (Å²) in [5.74, 6) is 1.87. The summed E-state index contributed by atoms with van der Waals surface area (Å²) < 4.78 is 15.8. The zero-order valence-electron chi connectivity index (χ0n) is 11.1. The number of rotatable bonds is 6. The molecule has 0 bridgehead atoms. The molecule has 7 nitrogen and oxygen atoms in total. The summed E-state index contributed by atoms with van der Waals surface area (Å²) in [4.78, 5) is 0. The molecule has 2 rings (SSSR count). The van der Waals surface area contributed by atoms with Gasteiger partial charge in [-0.1, -0.05) is 5.10 Å². The van der Waals surface area contributed by atoms with E-state index < -0.39 is 0 Å². The molecule has 7 heteroatoms. The quantitative estimate of drug-likeness (QED) is 0.819. The Morgan fingerprint density at radius 3 is 2.74 bits per heavy atom. The van der Waals surface area contributed by atoms with Gasteiger partial charge in [-0.25, -0.2) is 0 Å². The van der Waals surface area contributed by atoms with Crippen LogP contribution in [0.5, 0.6) is 11.5 Å². The average molecular weight is 264 g/mol. The van der Waals surface area contributed by atoms with Crippen molar-refractivity contribution in [2.75, 3.05) is 26.6 Å². The maximum atomic E-state index is 5.41. The summed E-state index contributed by atoms with van der Waals surface area (Å²) in [7, 11) is 5.00. The van der Waals surface area contributed by atoms with E-state index in [-0.39, 0.29) is 0 Å². The predicted molar refractivity (Wildman–Crippen MR) is 69.9 cm³/mol. The number of benzene rings is 1. The molecule has 0 amide bonds. The van der Waals surface area contributed by atoms with Crippen LogP contribution in [-0.4, -0.2) is 31.5 Å². The van der Waals surface area contributed by atoms with Gasteiger partial charge in [0.1, 0.15) is 11.5 Å². The summed E-state index contributed by atoms with van der Waals surface area (Å²) in [5.41, 5.74) is 0.696. The Kier molecular flexibility index (Phi) is 4.19. The molecule has 0 aliphatic rings. The molecule has 1 heterocycles. The number of methoxy groups -OCH3 is 2. The number of nitrogens with one attached hydrogen (secondary N) is 2. The van der Waals surface area contributed by atoms with Gasteiger partial charge in [0.2, 0.25) is 5.89 Å². The van der Waals surface area contributed by atoms with Crippen LogP contribution in [0.15, 0.2) is 22.6 Å². The Labute approximate surface area is 110 Å². The molecule has 0 unspecified atom stereocenters. The smallest absolute Gasteiger partial charge is 0.320 e. The van der Waals surface area contributed by atoms with Crippen molar-refractivity contribution in [2.24, 2.45) is 0 Å². The average Bonchev–Trinajstić information content (AvgIpc) is 2.86. The summed E-state index contributed by atoms with van der Waals surface area (Å²) in [6.07, 6.45) is 0. The Morgan fingerprint density at radius 2 is 2.05 bits per heavy atom. The van der Waals surface area contributed by atoms with Crippen molar-refractivity contribution < 1.29 is 13.9 Å². The molecule has 0 aliphatic carbocycles. The van der Waals surface area contributed by atoms with E-state index in [0.717, 1.165) is 0 Å². The fraction of sp³-hybridized carbons (Fsp3) is 0.333. The van der Waals surface area contributed by atoms with E-state index in [1.165, 1.54) is 0 Å². The standard InChI is InChI=1S/C12H16N4O3/c1-13-7-11-15-16-12(19-11)14-9-6-8(17-2)4-5-10(9)18-3/h4-6,13H,7H2,1-3H3,(H,14,16). The number of hydrogen-bond donors (Lipinski definition) is 2. The maximum Gasteiger partial charge on any atom is 0.320 e. The lowest BCUT2D eigenvalue weighted by Gasteiger charge is -2.09. The van der Waals surface area contributed by atoms with Crippen molar-refractivity contribution in [3.05, 3.63) is 24.1 Å². The van der Waals surface area contributed by atoms with Crippen LogP contribution in [0, 0.1) is 0 Å². The van der Waals surface area contributed by atoms with Crippen molar-refractivity contribution in [1.29, 1.82) is 0 Å². The highest BCUT2D eigenvalue weighted by atomic mass is 16.5. The van der Waals surface area contributed by atoms with E-state index in [2.05, 4.69) is 20.8 Å². The molecule has 0 fully saturated rings. The van der Waals surface area contributed by atoms with Gasteiger partial charge in [-0.15, -0.1) is 5.10 Å². The van der Waals surface area contributed by atoms with E-state index in [9.17, 15) is 0 Å². The van der Waals surface area contributed by atoms with Crippen molar-refractivity contribution >= 4 is 11.7 Å². The Bertz CT molecular complexity index is 542. The molecule has 2 aromatic rings. The number of nitrogens with zero attached hydrogens (tertiary/aromatic N) is 2. The Balaban J connectivity index is 2.20. The van der Waals surface area contributed by atoms with Crippen LogP contribution in [0.1, 0.15) is 5.89 Å². The number of anilines is 2. The van der Waals surface area contributed by atoms with Crippen LogP contribution in [-0.2, 0) is 6.54 Å². The number of ether oxygens (including phenoxy) is 2. The monoisotopic (exact) mass is 264 g/mol. The molecular formula is C12H16N4O3. The minimum absolute atomic E-state index is 0.303. The van der Waals surface area contributed by atoms with Crippen molar-refractivity contribution in [3.8, 4) is 11.5 Å². The highest BCUT2D eigenvalue weighted by Gasteiger charge is 2.10. The molecule has 102 valence electrons. The lowest BCUT2D eigenvalue weighted by atomic mass is 10.2. The fourth-order valence-electron chi connectivity index (χ4n) is 1.55. The minimum atomic E-state index is 0.303. The van der Waals surface area contributed by atoms with Gasteiger partial charge in [0.05, 0.1) is 26.5 Å². The van der Waals surface area contributed by atoms with E-state index in [1.807, 2.05) is 13.1 Å². The molecule has 2 N–H and O–H groups in total. The largest absolute Gasteiger partial charge is 0.497 e. The van der Waals surface area contributed by atoms with E-state index >= 15 is 0 Å². The second-order valence-corrected chi connectivity index (χ2v) is 3.72. The summed E-state index contributed by atoms with van der Waals surface area (Å²) in [5, 5.41) is 13.7. The first-order valence-electron chi connectivity index (χ1n) is 5.73. The lowest BCUT2D eigenvalue weighted by Crippen LogP contribution is -2.04. The fourth-order valence-corrected chi connectivity index (χ4v) is 1.55. The topological polar surface area (TPSA) is 81.4 Å². The van der Waals surface area contributed by atoms with Gasteiger partial charge >= 0.3 is 6.01 Å². The van der Waals surface area contributed by atoms with Gasteiger partial charge in [-0.3, -0.25) is 0 Å². The Morgan fingerprint density at radius 1 is 1.21 bits per heavy atom. The first kappa shape index (κ1) is 13.2. The van der Waals surface area contributed by atoms with Gasteiger partial charge in [0, 0.05) is 6.07 Å². The third kappa shape index (κ3) is 3.14. The third-order valence-electron chi connectivity index (χ3n) is 2.44. The first-order chi connectivity index (χ1) is 9.26. The number of hydrogen-bond acceptors (Lipinski definition) is 7. The van der Waals surface area contributed by atoms with Crippen LogP contribution in [0.25, 0.3) is 0 Å². The molecular weight excluding hydrogens is 248 g/mol. The van der Waals surface area contributed by atoms with Crippen LogP contribution in [0.3, 0.4) is 0 Å². The van der Waals surface area contributed by atoms with E-state index in [4.69, 9.17) is 13.9 Å². The van der Waals surface area contributed by atoms with Gasteiger partial charge in [-0.05, 0) is 19.2 Å². The molecule has 0 atom stereocenters. The molecule has 0 spiro atoms. The van der Waals surface area contributed by atoms with Crippen LogP contribution in [0.4, 0.5) is 11.7 Å². The van der Waals surface area contributed by atoms with Crippen LogP contribution in [0.2, 0.25) is 0 Å². The normalized spacial score (nSPS) is 10.3. The Hall–Kier alpha value is -2.28. The molecule has 1 aromatic carbocycles. The first-order valence-corrected chi connectivity index (χ1v) is 5.73. The van der Waals surface area contributed by atoms with E-state index in [1.54, 1.807) is 26.4 Å². The molecule has 1 aromatic heterocycles. The molecule has 0 radical (unpaired) electrons. The van der Waals surface area contributed by atoms with E-state index in [0.29, 0.717) is 35.6 Å². The summed E-state index contributed by atoms with van der Waals surface area (Å²) in [6.45, 7) is 0.518. The SMILES string of the molecule is CNCc1nnc(Nc2cc(OC)ccc2OC)o1. The molecule has 0 saturated heterocycles.